The van der Waals surface area contributed by atoms with Gasteiger partial charge in [-0.25, -0.2) is 4.79 Å². The molecule has 1 saturated heterocycles. The summed E-state index contributed by atoms with van der Waals surface area (Å²) in [6, 6.07) is 3.54. The summed E-state index contributed by atoms with van der Waals surface area (Å²) in [5.41, 5.74) is 4.67. The Kier molecular flexibility index (Phi) is 2.64. The van der Waals surface area contributed by atoms with Crippen LogP contribution in [0, 0.1) is 0 Å². The van der Waals surface area contributed by atoms with Crippen LogP contribution in [0.2, 0.25) is 0 Å². The molecule has 4 rings (SSSR count). The number of esters is 1. The van der Waals surface area contributed by atoms with Gasteiger partial charge in [-0.2, -0.15) is 0 Å². The second-order valence-electron chi connectivity index (χ2n) is 5.78. The molecule has 3 aliphatic rings. The van der Waals surface area contributed by atoms with Crippen molar-refractivity contribution in [3.05, 3.63) is 35.2 Å². The predicted octanol–water partition coefficient (Wildman–Crippen LogP) is 1.33. The first-order valence-corrected chi connectivity index (χ1v) is 7.26. The summed E-state index contributed by atoms with van der Waals surface area (Å²) in [4.78, 5) is 30.5. The van der Waals surface area contributed by atoms with E-state index in [4.69, 9.17) is 4.74 Å². The highest BCUT2D eigenvalue weighted by atomic mass is 16.5. The number of fused-ring (bicyclic) bond motifs is 4. The van der Waals surface area contributed by atoms with Crippen LogP contribution in [0.25, 0.3) is 5.57 Å². The summed E-state index contributed by atoms with van der Waals surface area (Å²) in [5, 5.41) is 0. The topological polar surface area (TPSA) is 59.5 Å². The molecule has 0 bridgehead atoms. The lowest BCUT2D eigenvalue weighted by molar-refractivity contribution is -0.152. The summed E-state index contributed by atoms with van der Waals surface area (Å²) in [6.45, 7) is 0. The van der Waals surface area contributed by atoms with Crippen molar-refractivity contribution in [2.75, 3.05) is 7.11 Å². The number of carbonyl (C=O) groups excluding carboxylic acids is 2. The van der Waals surface area contributed by atoms with Gasteiger partial charge in [0.25, 0.3) is 0 Å². The number of aromatic nitrogens is 1. The zero-order valence-electron chi connectivity index (χ0n) is 11.8. The molecule has 1 amide bonds. The molecule has 0 spiro atoms. The van der Waals surface area contributed by atoms with Crippen molar-refractivity contribution in [1.82, 2.24) is 9.88 Å². The standard InChI is InChI=1S/C16H16N2O3/c1-21-16(20)14-8-10-9-3-2-6-17-12(9)7-11(10)13-4-5-15(19)18(13)14/h2-3,6,13-14H,4-5,7-8H2,1H3. The fraction of sp³-hybridized carbons (Fsp3) is 0.438. The van der Waals surface area contributed by atoms with E-state index in [0.717, 1.165) is 24.1 Å². The minimum absolute atomic E-state index is 0.0412. The van der Waals surface area contributed by atoms with Crippen molar-refractivity contribution in [2.45, 2.75) is 37.8 Å². The summed E-state index contributed by atoms with van der Waals surface area (Å²) in [5.74, 6) is -0.259. The largest absolute Gasteiger partial charge is 0.467 e. The van der Waals surface area contributed by atoms with Crippen LogP contribution in [0.5, 0.6) is 0 Å². The average Bonchev–Trinajstić information content (AvgIpc) is 3.07. The number of rotatable bonds is 1. The van der Waals surface area contributed by atoms with Crippen molar-refractivity contribution in [1.29, 1.82) is 0 Å². The molecule has 2 unspecified atom stereocenters. The maximum absolute atomic E-state index is 12.2. The highest BCUT2D eigenvalue weighted by Gasteiger charge is 2.48. The number of nitrogens with zero attached hydrogens (tertiary/aromatic N) is 2. The fourth-order valence-corrected chi connectivity index (χ4v) is 3.93. The lowest BCUT2D eigenvalue weighted by atomic mass is 9.89. The molecule has 0 radical (unpaired) electrons. The normalized spacial score (nSPS) is 26.5. The van der Waals surface area contributed by atoms with Crippen LogP contribution in [0.15, 0.2) is 23.9 Å². The van der Waals surface area contributed by atoms with Crippen molar-refractivity contribution in [3.63, 3.8) is 0 Å². The predicted molar refractivity (Wildman–Crippen MR) is 75.2 cm³/mol. The summed E-state index contributed by atoms with van der Waals surface area (Å²) < 4.78 is 4.91. The molecule has 1 aromatic heterocycles. The first-order valence-electron chi connectivity index (χ1n) is 7.26. The van der Waals surface area contributed by atoms with Crippen molar-refractivity contribution in [2.24, 2.45) is 0 Å². The van der Waals surface area contributed by atoms with Gasteiger partial charge in [-0.3, -0.25) is 9.78 Å². The van der Waals surface area contributed by atoms with E-state index in [-0.39, 0.29) is 17.9 Å². The van der Waals surface area contributed by atoms with Crippen LogP contribution in [-0.2, 0) is 20.7 Å². The average molecular weight is 284 g/mol. The first kappa shape index (κ1) is 12.6. The van der Waals surface area contributed by atoms with Gasteiger partial charge < -0.3 is 9.64 Å². The Bertz CT molecular complexity index is 680. The van der Waals surface area contributed by atoms with E-state index in [0.29, 0.717) is 12.8 Å². The van der Waals surface area contributed by atoms with E-state index >= 15 is 0 Å². The van der Waals surface area contributed by atoms with Gasteiger partial charge in [-0.1, -0.05) is 6.07 Å². The Labute approximate surface area is 122 Å². The molecule has 108 valence electrons. The van der Waals surface area contributed by atoms with Crippen molar-refractivity contribution in [3.8, 4) is 0 Å². The minimum Gasteiger partial charge on any atom is -0.467 e. The van der Waals surface area contributed by atoms with Gasteiger partial charge in [0.1, 0.15) is 6.04 Å². The van der Waals surface area contributed by atoms with Crippen LogP contribution in [0.1, 0.15) is 30.5 Å². The van der Waals surface area contributed by atoms with E-state index in [1.165, 1.54) is 18.3 Å². The summed E-state index contributed by atoms with van der Waals surface area (Å²) in [7, 11) is 1.38. The summed E-state index contributed by atoms with van der Waals surface area (Å²) in [6.07, 6.45) is 4.45. The maximum atomic E-state index is 12.2. The first-order chi connectivity index (χ1) is 10.2. The highest BCUT2D eigenvalue weighted by molar-refractivity contribution is 5.92. The second-order valence-corrected chi connectivity index (χ2v) is 5.78. The Morgan fingerprint density at radius 1 is 1.48 bits per heavy atom. The van der Waals surface area contributed by atoms with Crippen LogP contribution in [0.4, 0.5) is 0 Å². The molecule has 1 fully saturated rings. The van der Waals surface area contributed by atoms with Gasteiger partial charge in [0.05, 0.1) is 18.8 Å². The van der Waals surface area contributed by atoms with E-state index in [1.54, 1.807) is 11.1 Å². The minimum atomic E-state index is -0.486. The van der Waals surface area contributed by atoms with E-state index in [1.807, 2.05) is 6.07 Å². The molecule has 0 N–H and O–H groups in total. The van der Waals surface area contributed by atoms with E-state index in [2.05, 4.69) is 11.1 Å². The number of hydrogen-bond acceptors (Lipinski definition) is 4. The number of amides is 1. The molecule has 3 heterocycles. The van der Waals surface area contributed by atoms with Crippen LogP contribution in [-0.4, -0.2) is 41.0 Å². The number of pyridine rings is 1. The molecule has 5 heteroatoms. The third kappa shape index (κ3) is 1.66. The summed E-state index contributed by atoms with van der Waals surface area (Å²) >= 11 is 0. The second kappa shape index (κ2) is 4.41. The lowest BCUT2D eigenvalue weighted by Gasteiger charge is -2.37. The number of methoxy groups -OCH3 is 1. The molecule has 1 aliphatic carbocycles. The van der Waals surface area contributed by atoms with Gasteiger partial charge in [-0.15, -0.1) is 0 Å². The highest BCUT2D eigenvalue weighted by Crippen LogP contribution is 2.45. The molecule has 0 saturated carbocycles. The zero-order chi connectivity index (χ0) is 14.6. The van der Waals surface area contributed by atoms with Crippen LogP contribution >= 0.6 is 0 Å². The smallest absolute Gasteiger partial charge is 0.328 e. The fourth-order valence-electron chi connectivity index (χ4n) is 3.93. The number of carbonyl (C=O) groups is 2. The lowest BCUT2D eigenvalue weighted by Crippen LogP contribution is -2.50. The molecule has 2 atom stereocenters. The van der Waals surface area contributed by atoms with Gasteiger partial charge in [0.15, 0.2) is 0 Å². The van der Waals surface area contributed by atoms with Gasteiger partial charge in [-0.05, 0) is 29.2 Å². The Morgan fingerprint density at radius 2 is 2.33 bits per heavy atom. The molecular weight excluding hydrogens is 268 g/mol. The maximum Gasteiger partial charge on any atom is 0.328 e. The Hall–Kier alpha value is -2.17. The third-order valence-corrected chi connectivity index (χ3v) is 4.83. The molecule has 5 nitrogen and oxygen atoms in total. The van der Waals surface area contributed by atoms with Crippen molar-refractivity contribution >= 4 is 17.4 Å². The number of hydrogen-bond donors (Lipinski definition) is 0. The monoisotopic (exact) mass is 284 g/mol. The number of ether oxygens (including phenoxy) is 1. The van der Waals surface area contributed by atoms with E-state index < -0.39 is 6.04 Å². The molecule has 21 heavy (non-hydrogen) atoms. The van der Waals surface area contributed by atoms with E-state index in [9.17, 15) is 9.59 Å². The Balaban J connectivity index is 1.81. The van der Waals surface area contributed by atoms with Crippen molar-refractivity contribution < 1.29 is 14.3 Å². The quantitative estimate of drug-likeness (QED) is 0.730. The third-order valence-electron chi connectivity index (χ3n) is 4.83. The molecule has 2 aliphatic heterocycles. The molecular formula is C16H16N2O3. The zero-order valence-corrected chi connectivity index (χ0v) is 11.8. The van der Waals surface area contributed by atoms with Gasteiger partial charge >= 0.3 is 5.97 Å². The van der Waals surface area contributed by atoms with Gasteiger partial charge in [0.2, 0.25) is 5.91 Å². The van der Waals surface area contributed by atoms with Crippen LogP contribution < -0.4 is 0 Å². The van der Waals surface area contributed by atoms with Gasteiger partial charge in [0, 0.05) is 25.5 Å². The SMILES string of the molecule is COC(=O)C1CC2=C(Cc3ncccc32)C2CCC(=O)N12. The molecule has 0 aromatic carbocycles. The van der Waals surface area contributed by atoms with Crippen LogP contribution in [0.3, 0.4) is 0 Å². The Morgan fingerprint density at radius 3 is 3.14 bits per heavy atom. The molecule has 1 aromatic rings.